The molecule has 0 aliphatic rings. The van der Waals surface area contributed by atoms with Crippen molar-refractivity contribution in [2.75, 3.05) is 28.4 Å². The fourth-order valence-corrected chi connectivity index (χ4v) is 2.56. The van der Waals surface area contributed by atoms with Crippen LogP contribution in [0.5, 0.6) is 23.0 Å². The smallest absolute Gasteiger partial charge is 0.273 e. The molecule has 0 saturated carbocycles. The van der Waals surface area contributed by atoms with Gasteiger partial charge in [-0.2, -0.15) is 0 Å². The largest absolute Gasteiger partial charge is 0.496 e. The number of hydrogen-bond donors (Lipinski definition) is 2. The lowest BCUT2D eigenvalue weighted by Crippen LogP contribution is -2.41. The lowest BCUT2D eigenvalue weighted by atomic mass is 10.1. The molecule has 2 aromatic carbocycles. The lowest BCUT2D eigenvalue weighted by Gasteiger charge is -2.16. The summed E-state index contributed by atoms with van der Waals surface area (Å²) < 4.78 is 20.8. The maximum atomic E-state index is 12.5. The Balaban J connectivity index is 2.21. The summed E-state index contributed by atoms with van der Waals surface area (Å²) >= 11 is 5.91. The molecule has 0 radical (unpaired) electrons. The second-order valence-electron chi connectivity index (χ2n) is 5.13. The fraction of sp³-hybridized carbons (Fsp3) is 0.222. The first-order valence-electron chi connectivity index (χ1n) is 7.70. The van der Waals surface area contributed by atoms with Gasteiger partial charge in [0.15, 0.2) is 11.5 Å². The minimum atomic E-state index is -0.609. The van der Waals surface area contributed by atoms with Crippen LogP contribution in [0.4, 0.5) is 0 Å². The average molecular weight is 395 g/mol. The van der Waals surface area contributed by atoms with E-state index in [-0.39, 0.29) is 22.6 Å². The van der Waals surface area contributed by atoms with Crippen LogP contribution in [0.3, 0.4) is 0 Å². The number of nitrogens with one attached hydrogen (secondary N) is 2. The highest BCUT2D eigenvalue weighted by atomic mass is 35.5. The Morgan fingerprint density at radius 3 is 1.85 bits per heavy atom. The first kappa shape index (κ1) is 20.2. The van der Waals surface area contributed by atoms with Gasteiger partial charge in [-0.3, -0.25) is 20.4 Å². The van der Waals surface area contributed by atoms with E-state index in [0.717, 1.165) is 0 Å². The topological polar surface area (TPSA) is 95.1 Å². The van der Waals surface area contributed by atoms with Crippen molar-refractivity contribution in [1.29, 1.82) is 0 Å². The van der Waals surface area contributed by atoms with Gasteiger partial charge in [0.05, 0.1) is 39.6 Å². The van der Waals surface area contributed by atoms with Crippen molar-refractivity contribution < 1.29 is 28.5 Å². The normalized spacial score (nSPS) is 9.96. The van der Waals surface area contributed by atoms with Gasteiger partial charge in [-0.1, -0.05) is 11.6 Å². The molecule has 0 aliphatic carbocycles. The van der Waals surface area contributed by atoms with Gasteiger partial charge < -0.3 is 18.9 Å². The predicted molar refractivity (Wildman–Crippen MR) is 99.0 cm³/mol. The van der Waals surface area contributed by atoms with Crippen molar-refractivity contribution in [2.24, 2.45) is 0 Å². The zero-order valence-corrected chi connectivity index (χ0v) is 16.0. The molecule has 9 heteroatoms. The first-order chi connectivity index (χ1) is 13.0. The number of hydrazine groups is 1. The second kappa shape index (κ2) is 9.00. The highest BCUT2D eigenvalue weighted by molar-refractivity contribution is 6.31. The molecule has 2 aromatic rings. The Labute approximate surface area is 161 Å². The van der Waals surface area contributed by atoms with Crippen LogP contribution in [-0.4, -0.2) is 40.3 Å². The SMILES string of the molecule is COc1ccc(Cl)cc1C(=O)NNC(=O)c1ccc(OC)c(OC)c1OC. The maximum absolute atomic E-state index is 12.5. The van der Waals surface area contributed by atoms with Crippen LogP contribution in [-0.2, 0) is 0 Å². The van der Waals surface area contributed by atoms with Crippen LogP contribution in [0, 0.1) is 0 Å². The van der Waals surface area contributed by atoms with Crippen LogP contribution in [0.1, 0.15) is 20.7 Å². The summed E-state index contributed by atoms with van der Waals surface area (Å²) in [5.41, 5.74) is 4.95. The molecule has 0 bridgehead atoms. The Hall–Kier alpha value is -3.13. The van der Waals surface area contributed by atoms with Crippen molar-refractivity contribution in [3.05, 3.63) is 46.5 Å². The number of amides is 2. The monoisotopic (exact) mass is 394 g/mol. The molecule has 27 heavy (non-hydrogen) atoms. The summed E-state index contributed by atoms with van der Waals surface area (Å²) in [4.78, 5) is 24.8. The molecular formula is C18H19ClN2O6. The lowest BCUT2D eigenvalue weighted by molar-refractivity contribution is 0.0842. The van der Waals surface area contributed by atoms with E-state index in [2.05, 4.69) is 10.9 Å². The molecule has 0 spiro atoms. The number of halogens is 1. The summed E-state index contributed by atoms with van der Waals surface area (Å²) in [6.45, 7) is 0. The highest BCUT2D eigenvalue weighted by Gasteiger charge is 2.21. The first-order valence-corrected chi connectivity index (χ1v) is 8.07. The van der Waals surface area contributed by atoms with Crippen LogP contribution in [0.25, 0.3) is 0 Å². The van der Waals surface area contributed by atoms with Gasteiger partial charge in [0, 0.05) is 5.02 Å². The molecule has 8 nitrogen and oxygen atoms in total. The predicted octanol–water partition coefficient (Wildman–Crippen LogP) is 2.45. The summed E-state index contributed by atoms with van der Waals surface area (Å²) in [5, 5.41) is 0.355. The minimum absolute atomic E-state index is 0.147. The van der Waals surface area contributed by atoms with Gasteiger partial charge in [0.25, 0.3) is 11.8 Å². The molecule has 0 fully saturated rings. The van der Waals surface area contributed by atoms with Gasteiger partial charge in [-0.05, 0) is 30.3 Å². The fourth-order valence-electron chi connectivity index (χ4n) is 2.39. The summed E-state index contributed by atoms with van der Waals surface area (Å²) in [6, 6.07) is 7.61. The third kappa shape index (κ3) is 4.35. The van der Waals surface area contributed by atoms with Crippen molar-refractivity contribution in [3.8, 4) is 23.0 Å². The number of benzene rings is 2. The zero-order chi connectivity index (χ0) is 20.0. The molecule has 0 atom stereocenters. The van der Waals surface area contributed by atoms with Gasteiger partial charge in [-0.15, -0.1) is 0 Å². The molecular weight excluding hydrogens is 376 g/mol. The number of hydrogen-bond acceptors (Lipinski definition) is 6. The van der Waals surface area contributed by atoms with E-state index in [4.69, 9.17) is 30.5 Å². The summed E-state index contributed by atoms with van der Waals surface area (Å²) in [7, 11) is 5.71. The third-order valence-corrected chi connectivity index (χ3v) is 3.88. The van der Waals surface area contributed by atoms with Gasteiger partial charge in [-0.25, -0.2) is 0 Å². The number of ether oxygens (including phenoxy) is 4. The van der Waals surface area contributed by atoms with Crippen molar-refractivity contribution in [3.63, 3.8) is 0 Å². The molecule has 2 amide bonds. The zero-order valence-electron chi connectivity index (χ0n) is 15.2. The number of methoxy groups -OCH3 is 4. The molecule has 0 heterocycles. The number of carbonyl (C=O) groups excluding carboxylic acids is 2. The molecule has 0 unspecified atom stereocenters. The van der Waals surface area contributed by atoms with Crippen molar-refractivity contribution in [1.82, 2.24) is 10.9 Å². The van der Waals surface area contributed by atoms with E-state index in [0.29, 0.717) is 16.5 Å². The van der Waals surface area contributed by atoms with Gasteiger partial charge in [0.1, 0.15) is 5.75 Å². The van der Waals surface area contributed by atoms with Crippen LogP contribution in [0.15, 0.2) is 30.3 Å². The van der Waals surface area contributed by atoms with E-state index in [1.165, 1.54) is 40.6 Å². The Morgan fingerprint density at radius 2 is 1.30 bits per heavy atom. The van der Waals surface area contributed by atoms with Crippen LogP contribution in [0.2, 0.25) is 5.02 Å². The van der Waals surface area contributed by atoms with Gasteiger partial charge in [0.2, 0.25) is 5.75 Å². The van der Waals surface area contributed by atoms with Crippen molar-refractivity contribution in [2.45, 2.75) is 0 Å². The quantitative estimate of drug-likeness (QED) is 0.731. The van der Waals surface area contributed by atoms with Crippen LogP contribution < -0.4 is 29.8 Å². The van der Waals surface area contributed by atoms with Crippen LogP contribution >= 0.6 is 11.6 Å². The molecule has 2 rings (SSSR count). The van der Waals surface area contributed by atoms with E-state index in [1.54, 1.807) is 18.2 Å². The van der Waals surface area contributed by atoms with E-state index < -0.39 is 11.8 Å². The number of rotatable bonds is 6. The second-order valence-corrected chi connectivity index (χ2v) is 5.57. The Bertz CT molecular complexity index is 856. The third-order valence-electron chi connectivity index (χ3n) is 3.64. The van der Waals surface area contributed by atoms with E-state index >= 15 is 0 Å². The minimum Gasteiger partial charge on any atom is -0.496 e. The standard InChI is InChI=1S/C18H19ClN2O6/c1-24-13-7-5-10(19)9-12(13)18(23)21-20-17(22)11-6-8-14(25-2)16(27-4)15(11)26-3/h5-9H,1-4H3,(H,20,22)(H,21,23). The molecule has 144 valence electrons. The van der Waals surface area contributed by atoms with Crippen molar-refractivity contribution >= 4 is 23.4 Å². The highest BCUT2D eigenvalue weighted by Crippen LogP contribution is 2.39. The van der Waals surface area contributed by atoms with E-state index in [1.807, 2.05) is 0 Å². The summed E-state index contributed by atoms with van der Waals surface area (Å²) in [6.07, 6.45) is 0. The molecule has 2 N–H and O–H groups in total. The Kier molecular flexibility index (Phi) is 6.73. The maximum Gasteiger partial charge on any atom is 0.273 e. The molecule has 0 saturated heterocycles. The molecule has 0 aliphatic heterocycles. The van der Waals surface area contributed by atoms with Gasteiger partial charge >= 0.3 is 0 Å². The average Bonchev–Trinajstić information content (AvgIpc) is 2.70. The van der Waals surface area contributed by atoms with E-state index in [9.17, 15) is 9.59 Å². The Morgan fingerprint density at radius 1 is 0.741 bits per heavy atom. The summed E-state index contributed by atoms with van der Waals surface area (Å²) in [5.74, 6) is -0.0582. The molecule has 0 aromatic heterocycles. The number of carbonyl (C=O) groups is 2.